The topological polar surface area (TPSA) is 101 Å². The molecule has 0 bridgehead atoms. The lowest BCUT2D eigenvalue weighted by Crippen LogP contribution is -2.43. The molecule has 9 heteroatoms. The maximum atomic E-state index is 12.5. The van der Waals surface area contributed by atoms with Gasteiger partial charge in [-0.15, -0.1) is 0 Å². The Kier molecular flexibility index (Phi) is 4.51. The molecule has 134 valence electrons. The third-order valence-corrected chi connectivity index (χ3v) is 6.01. The summed E-state index contributed by atoms with van der Waals surface area (Å²) in [6.45, 7) is 1.76. The van der Waals surface area contributed by atoms with Crippen LogP contribution < -0.4 is 5.32 Å². The largest absolute Gasteiger partial charge is 0.351 e. The molecule has 1 saturated heterocycles. The van der Waals surface area contributed by atoms with Crippen LogP contribution in [-0.2, 0) is 14.6 Å². The third kappa shape index (κ3) is 3.81. The second-order valence-electron chi connectivity index (χ2n) is 6.35. The van der Waals surface area contributed by atoms with Gasteiger partial charge in [-0.25, -0.2) is 13.4 Å². The molecule has 2 aromatic rings. The summed E-state index contributed by atoms with van der Waals surface area (Å²) >= 11 is 0. The number of sulfone groups is 1. The van der Waals surface area contributed by atoms with Gasteiger partial charge in [0, 0.05) is 25.0 Å². The van der Waals surface area contributed by atoms with Crippen molar-refractivity contribution in [3.8, 4) is 0 Å². The lowest BCUT2D eigenvalue weighted by Gasteiger charge is -2.17. The summed E-state index contributed by atoms with van der Waals surface area (Å²) in [5.41, 5.74) is 1.87. The molecule has 1 aliphatic heterocycles. The summed E-state index contributed by atoms with van der Waals surface area (Å²) in [4.78, 5) is 30.1. The Labute approximate surface area is 145 Å². The lowest BCUT2D eigenvalue weighted by molar-refractivity contribution is -0.122. The second-order valence-corrected chi connectivity index (χ2v) is 8.58. The number of fused-ring (bicyclic) bond motifs is 1. The van der Waals surface area contributed by atoms with E-state index >= 15 is 0 Å². The number of likely N-dealkylation sites (N-methyl/N-ethyl adjacent to an activating group) is 1. The van der Waals surface area contributed by atoms with Gasteiger partial charge >= 0.3 is 0 Å². The smallest absolute Gasteiger partial charge is 0.274 e. The van der Waals surface area contributed by atoms with Gasteiger partial charge in [-0.3, -0.25) is 9.59 Å². The number of pyridine rings is 1. The number of imidazole rings is 1. The molecule has 0 aliphatic carbocycles. The monoisotopic (exact) mass is 364 g/mol. The molecule has 0 unspecified atom stereocenters. The first kappa shape index (κ1) is 17.4. The van der Waals surface area contributed by atoms with E-state index in [9.17, 15) is 18.0 Å². The van der Waals surface area contributed by atoms with Gasteiger partial charge in [0.25, 0.3) is 5.91 Å². The number of carbonyl (C=O) groups is 2. The number of aryl methyl sites for hydroxylation is 1. The first-order valence-corrected chi connectivity index (χ1v) is 9.77. The fourth-order valence-electron chi connectivity index (χ4n) is 2.92. The Morgan fingerprint density at radius 2 is 2.16 bits per heavy atom. The number of nitrogens with one attached hydrogen (secondary N) is 1. The van der Waals surface area contributed by atoms with Crippen LogP contribution in [0.2, 0.25) is 0 Å². The predicted molar refractivity (Wildman–Crippen MR) is 92.1 cm³/mol. The fourth-order valence-corrected chi connectivity index (χ4v) is 4.59. The van der Waals surface area contributed by atoms with Crippen molar-refractivity contribution in [3.05, 3.63) is 35.8 Å². The molecule has 8 nitrogen and oxygen atoms in total. The van der Waals surface area contributed by atoms with E-state index in [0.717, 1.165) is 5.69 Å². The number of amides is 2. The molecule has 0 radical (unpaired) electrons. The van der Waals surface area contributed by atoms with Crippen LogP contribution in [0.3, 0.4) is 0 Å². The van der Waals surface area contributed by atoms with E-state index in [2.05, 4.69) is 10.3 Å². The number of nitrogens with zero attached hydrogens (tertiary/aromatic N) is 3. The molecular weight excluding hydrogens is 344 g/mol. The van der Waals surface area contributed by atoms with Gasteiger partial charge in [0.2, 0.25) is 5.91 Å². The van der Waals surface area contributed by atoms with Crippen LogP contribution in [0.5, 0.6) is 0 Å². The van der Waals surface area contributed by atoms with Crippen molar-refractivity contribution in [2.45, 2.75) is 19.4 Å². The van der Waals surface area contributed by atoms with Crippen molar-refractivity contribution in [1.82, 2.24) is 19.6 Å². The van der Waals surface area contributed by atoms with E-state index in [-0.39, 0.29) is 41.6 Å². The zero-order valence-electron chi connectivity index (χ0n) is 14.1. The van der Waals surface area contributed by atoms with Crippen molar-refractivity contribution in [3.63, 3.8) is 0 Å². The van der Waals surface area contributed by atoms with E-state index in [1.165, 1.54) is 11.9 Å². The average molecular weight is 364 g/mol. The Morgan fingerprint density at radius 3 is 2.80 bits per heavy atom. The predicted octanol–water partition coefficient (Wildman–Crippen LogP) is 0.0180. The molecule has 2 aromatic heterocycles. The maximum absolute atomic E-state index is 12.5. The van der Waals surface area contributed by atoms with Crippen molar-refractivity contribution in [2.24, 2.45) is 0 Å². The van der Waals surface area contributed by atoms with Gasteiger partial charge in [-0.05, 0) is 25.5 Å². The Balaban J connectivity index is 1.63. The Bertz CT molecular complexity index is 935. The first-order chi connectivity index (χ1) is 11.7. The van der Waals surface area contributed by atoms with E-state index in [1.54, 1.807) is 12.3 Å². The van der Waals surface area contributed by atoms with Crippen LogP contribution in [0.4, 0.5) is 0 Å². The van der Waals surface area contributed by atoms with Crippen LogP contribution in [0.1, 0.15) is 22.6 Å². The maximum Gasteiger partial charge on any atom is 0.274 e. The highest BCUT2D eigenvalue weighted by atomic mass is 32.2. The van der Waals surface area contributed by atoms with Crippen molar-refractivity contribution < 1.29 is 18.0 Å². The number of aromatic nitrogens is 2. The first-order valence-electron chi connectivity index (χ1n) is 7.95. The number of carbonyl (C=O) groups excluding carboxylic acids is 2. The molecule has 1 atom stereocenters. The van der Waals surface area contributed by atoms with Crippen LogP contribution in [-0.4, -0.2) is 65.7 Å². The average Bonchev–Trinajstić information content (AvgIpc) is 3.10. The Hall–Kier alpha value is -2.42. The quantitative estimate of drug-likeness (QED) is 0.824. The summed E-state index contributed by atoms with van der Waals surface area (Å²) in [5, 5.41) is 2.67. The lowest BCUT2D eigenvalue weighted by atomic mass is 10.2. The molecule has 1 aliphatic rings. The van der Waals surface area contributed by atoms with Crippen molar-refractivity contribution >= 4 is 27.3 Å². The summed E-state index contributed by atoms with van der Waals surface area (Å²) in [7, 11) is -1.54. The van der Waals surface area contributed by atoms with Crippen LogP contribution in [0, 0.1) is 6.92 Å². The van der Waals surface area contributed by atoms with Crippen LogP contribution in [0.25, 0.3) is 5.65 Å². The number of hydrogen-bond acceptors (Lipinski definition) is 5. The molecule has 0 saturated carbocycles. The van der Waals surface area contributed by atoms with Gasteiger partial charge in [-0.1, -0.05) is 6.07 Å². The van der Waals surface area contributed by atoms with Crippen LogP contribution in [0.15, 0.2) is 24.4 Å². The summed E-state index contributed by atoms with van der Waals surface area (Å²) in [5.74, 6) is -0.690. The van der Waals surface area contributed by atoms with E-state index in [4.69, 9.17) is 0 Å². The molecule has 25 heavy (non-hydrogen) atoms. The summed E-state index contributed by atoms with van der Waals surface area (Å²) < 4.78 is 24.7. The second kappa shape index (κ2) is 6.47. The van der Waals surface area contributed by atoms with Gasteiger partial charge < -0.3 is 14.6 Å². The molecule has 1 N–H and O–H groups in total. The van der Waals surface area contributed by atoms with Gasteiger partial charge in [-0.2, -0.15) is 0 Å². The van der Waals surface area contributed by atoms with E-state index in [0.29, 0.717) is 12.1 Å². The third-order valence-electron chi connectivity index (χ3n) is 4.24. The highest BCUT2D eigenvalue weighted by Crippen LogP contribution is 2.12. The van der Waals surface area contributed by atoms with Gasteiger partial charge in [0.05, 0.1) is 18.1 Å². The standard InChI is InChI=1S/C16H20N4O4S/c1-11-4-3-5-14-18-13(8-20(11)14)16(22)19(2)9-15(21)17-12-6-7-25(23,24)10-12/h3-5,8,12H,6-7,9-10H2,1-2H3,(H,17,21)/t12-/m1/s1. The SMILES string of the molecule is Cc1cccc2nc(C(=O)N(C)CC(=O)N[C@@H]3CCS(=O)(=O)C3)cn12. The number of hydrogen-bond donors (Lipinski definition) is 1. The molecule has 3 heterocycles. The normalized spacial score (nSPS) is 19.0. The van der Waals surface area contributed by atoms with Crippen LogP contribution >= 0.6 is 0 Å². The highest BCUT2D eigenvalue weighted by Gasteiger charge is 2.29. The zero-order valence-corrected chi connectivity index (χ0v) is 14.9. The van der Waals surface area contributed by atoms with Crippen molar-refractivity contribution in [1.29, 1.82) is 0 Å². The molecular formula is C16H20N4O4S. The van der Waals surface area contributed by atoms with E-state index < -0.39 is 9.84 Å². The van der Waals surface area contributed by atoms with Gasteiger partial charge in [0.1, 0.15) is 11.3 Å². The summed E-state index contributed by atoms with van der Waals surface area (Å²) in [6, 6.07) is 5.20. The minimum atomic E-state index is -3.06. The minimum Gasteiger partial charge on any atom is -0.351 e. The van der Waals surface area contributed by atoms with E-state index in [1.807, 2.05) is 23.5 Å². The number of rotatable bonds is 4. The Morgan fingerprint density at radius 1 is 1.40 bits per heavy atom. The highest BCUT2D eigenvalue weighted by molar-refractivity contribution is 7.91. The summed E-state index contributed by atoms with van der Waals surface area (Å²) in [6.07, 6.45) is 2.06. The molecule has 0 spiro atoms. The minimum absolute atomic E-state index is 0.0396. The fraction of sp³-hybridized carbons (Fsp3) is 0.438. The molecule has 2 amide bonds. The van der Waals surface area contributed by atoms with Crippen molar-refractivity contribution in [2.75, 3.05) is 25.1 Å². The zero-order chi connectivity index (χ0) is 18.2. The molecule has 1 fully saturated rings. The van der Waals surface area contributed by atoms with Gasteiger partial charge in [0.15, 0.2) is 9.84 Å². The molecule has 0 aromatic carbocycles. The molecule has 3 rings (SSSR count).